The van der Waals surface area contributed by atoms with Crippen molar-refractivity contribution in [1.82, 2.24) is 4.98 Å². The van der Waals surface area contributed by atoms with Crippen molar-refractivity contribution >= 4 is 34.5 Å². The standard InChI is InChI=1S/C23H26F2N2O2S/c24-17-13-14-19(18(25)16-17)26-22(28)12-6-4-2-1-3-5-9-15-30-23-27-20-10-7-8-11-21(20)29-23/h7-8,10-11,13-14,16H,1-6,9,12,15H2,(H,26,28). The molecule has 0 fully saturated rings. The zero-order chi connectivity index (χ0) is 21.2. The summed E-state index contributed by atoms with van der Waals surface area (Å²) in [6.07, 6.45) is 7.75. The third kappa shape index (κ3) is 7.13. The highest BCUT2D eigenvalue weighted by atomic mass is 32.2. The summed E-state index contributed by atoms with van der Waals surface area (Å²) < 4.78 is 32.1. The smallest absolute Gasteiger partial charge is 0.256 e. The van der Waals surface area contributed by atoms with Gasteiger partial charge in [-0.25, -0.2) is 13.8 Å². The molecule has 1 amide bonds. The number of halogens is 2. The summed E-state index contributed by atoms with van der Waals surface area (Å²) in [5.74, 6) is -0.655. The summed E-state index contributed by atoms with van der Waals surface area (Å²) in [4.78, 5) is 16.3. The molecule has 0 saturated heterocycles. The van der Waals surface area contributed by atoms with E-state index in [1.807, 2.05) is 24.3 Å². The van der Waals surface area contributed by atoms with Gasteiger partial charge < -0.3 is 9.73 Å². The van der Waals surface area contributed by atoms with Crippen molar-refractivity contribution < 1.29 is 18.0 Å². The van der Waals surface area contributed by atoms with E-state index in [-0.39, 0.29) is 11.6 Å². The summed E-state index contributed by atoms with van der Waals surface area (Å²) in [5, 5.41) is 3.22. The Morgan fingerprint density at radius 3 is 2.47 bits per heavy atom. The number of carbonyl (C=O) groups is 1. The van der Waals surface area contributed by atoms with E-state index in [2.05, 4.69) is 10.3 Å². The number of thioether (sulfide) groups is 1. The number of unbranched alkanes of at least 4 members (excludes halogenated alkanes) is 6. The number of para-hydroxylation sites is 2. The van der Waals surface area contributed by atoms with E-state index in [9.17, 15) is 13.6 Å². The fourth-order valence-corrected chi connectivity index (χ4v) is 3.98. The van der Waals surface area contributed by atoms with Crippen LogP contribution in [0.2, 0.25) is 0 Å². The monoisotopic (exact) mass is 432 g/mol. The molecule has 3 rings (SSSR count). The molecule has 1 aromatic heterocycles. The Bertz CT molecular complexity index is 928. The fraction of sp³-hybridized carbons (Fsp3) is 0.391. The number of carbonyl (C=O) groups excluding carboxylic acids is 1. The quantitative estimate of drug-likeness (QED) is 0.248. The largest absolute Gasteiger partial charge is 0.431 e. The molecule has 30 heavy (non-hydrogen) atoms. The second kappa shape index (κ2) is 11.7. The van der Waals surface area contributed by atoms with E-state index >= 15 is 0 Å². The lowest BCUT2D eigenvalue weighted by Crippen LogP contribution is -2.12. The first-order valence-electron chi connectivity index (χ1n) is 10.3. The predicted octanol–water partition coefficient (Wildman–Crippen LogP) is 6.96. The number of benzene rings is 2. The van der Waals surface area contributed by atoms with Crippen LogP contribution in [0.25, 0.3) is 11.1 Å². The summed E-state index contributed by atoms with van der Waals surface area (Å²) in [6.45, 7) is 0. The van der Waals surface area contributed by atoms with Crippen molar-refractivity contribution in [2.24, 2.45) is 0 Å². The lowest BCUT2D eigenvalue weighted by molar-refractivity contribution is -0.116. The molecule has 3 aromatic rings. The summed E-state index contributed by atoms with van der Waals surface area (Å²) in [6, 6.07) is 10.9. The number of hydrogen-bond donors (Lipinski definition) is 1. The van der Waals surface area contributed by atoms with Crippen molar-refractivity contribution in [2.75, 3.05) is 11.1 Å². The number of anilines is 1. The normalized spacial score (nSPS) is 11.1. The highest BCUT2D eigenvalue weighted by Crippen LogP contribution is 2.24. The Morgan fingerprint density at radius 2 is 1.70 bits per heavy atom. The van der Waals surface area contributed by atoms with Gasteiger partial charge in [0.2, 0.25) is 5.91 Å². The van der Waals surface area contributed by atoms with Crippen LogP contribution in [-0.4, -0.2) is 16.6 Å². The third-order valence-electron chi connectivity index (χ3n) is 4.75. The molecular weight excluding hydrogens is 406 g/mol. The highest BCUT2D eigenvalue weighted by Gasteiger charge is 2.08. The van der Waals surface area contributed by atoms with Gasteiger partial charge in [0.25, 0.3) is 5.22 Å². The number of aromatic nitrogens is 1. The SMILES string of the molecule is O=C(CCCCCCCCCSc1nc2ccccc2o1)Nc1ccc(F)cc1F. The molecule has 2 aromatic carbocycles. The molecule has 0 radical (unpaired) electrons. The van der Waals surface area contributed by atoms with Gasteiger partial charge in [-0.1, -0.05) is 56.0 Å². The van der Waals surface area contributed by atoms with Gasteiger partial charge in [-0.15, -0.1) is 0 Å². The van der Waals surface area contributed by atoms with Gasteiger partial charge in [0.1, 0.15) is 17.2 Å². The predicted molar refractivity (Wildman–Crippen MR) is 117 cm³/mol. The molecule has 0 saturated carbocycles. The summed E-state index contributed by atoms with van der Waals surface area (Å²) in [7, 11) is 0. The van der Waals surface area contributed by atoms with Crippen LogP contribution in [0.5, 0.6) is 0 Å². The van der Waals surface area contributed by atoms with Crippen molar-refractivity contribution in [3.63, 3.8) is 0 Å². The second-order valence-electron chi connectivity index (χ2n) is 7.19. The minimum absolute atomic E-state index is 0.0251. The van der Waals surface area contributed by atoms with Crippen molar-refractivity contribution in [1.29, 1.82) is 0 Å². The molecule has 0 atom stereocenters. The number of amides is 1. The third-order valence-corrected chi connectivity index (χ3v) is 5.67. The van der Waals surface area contributed by atoms with Crippen LogP contribution in [0.15, 0.2) is 52.1 Å². The van der Waals surface area contributed by atoms with Gasteiger partial charge in [-0.2, -0.15) is 0 Å². The molecule has 0 aliphatic carbocycles. The van der Waals surface area contributed by atoms with Crippen molar-refractivity contribution in [3.8, 4) is 0 Å². The highest BCUT2D eigenvalue weighted by molar-refractivity contribution is 7.99. The number of hydrogen-bond acceptors (Lipinski definition) is 4. The number of oxazole rings is 1. The van der Waals surface area contributed by atoms with Crippen molar-refractivity contribution in [3.05, 3.63) is 54.1 Å². The van der Waals surface area contributed by atoms with Crippen LogP contribution in [0.4, 0.5) is 14.5 Å². The maximum atomic E-state index is 13.5. The lowest BCUT2D eigenvalue weighted by Gasteiger charge is -2.06. The maximum absolute atomic E-state index is 13.5. The van der Waals surface area contributed by atoms with Crippen LogP contribution in [0.1, 0.15) is 51.4 Å². The van der Waals surface area contributed by atoms with Gasteiger partial charge in [0, 0.05) is 18.2 Å². The zero-order valence-electron chi connectivity index (χ0n) is 16.8. The molecule has 4 nitrogen and oxygen atoms in total. The number of fused-ring (bicyclic) bond motifs is 1. The van der Waals surface area contributed by atoms with Crippen molar-refractivity contribution in [2.45, 2.75) is 56.6 Å². The van der Waals surface area contributed by atoms with Crippen LogP contribution in [0.3, 0.4) is 0 Å². The maximum Gasteiger partial charge on any atom is 0.256 e. The lowest BCUT2D eigenvalue weighted by atomic mass is 10.1. The average molecular weight is 433 g/mol. The van der Waals surface area contributed by atoms with Gasteiger partial charge in [-0.3, -0.25) is 4.79 Å². The van der Waals surface area contributed by atoms with Gasteiger partial charge in [-0.05, 0) is 37.1 Å². The number of nitrogens with zero attached hydrogens (tertiary/aromatic N) is 1. The molecule has 1 N–H and O–H groups in total. The minimum atomic E-state index is -0.752. The number of nitrogens with one attached hydrogen (secondary N) is 1. The molecule has 7 heteroatoms. The summed E-state index contributed by atoms with van der Waals surface area (Å²) >= 11 is 1.65. The van der Waals surface area contributed by atoms with Gasteiger partial charge in [0.05, 0.1) is 5.69 Å². The Labute approximate surface area is 179 Å². The summed E-state index contributed by atoms with van der Waals surface area (Å²) in [5.41, 5.74) is 1.75. The molecular formula is C23H26F2N2O2S. The molecule has 1 heterocycles. The van der Waals surface area contributed by atoms with E-state index in [0.29, 0.717) is 6.42 Å². The Hall–Kier alpha value is -2.41. The molecule has 0 aliphatic rings. The van der Waals surface area contributed by atoms with E-state index in [1.54, 1.807) is 11.8 Å². The van der Waals surface area contributed by atoms with Gasteiger partial charge >= 0.3 is 0 Å². The number of rotatable bonds is 12. The second-order valence-corrected chi connectivity index (χ2v) is 8.24. The van der Waals surface area contributed by atoms with Gasteiger partial charge in [0.15, 0.2) is 5.58 Å². The van der Waals surface area contributed by atoms with E-state index in [4.69, 9.17) is 4.42 Å². The van der Waals surface area contributed by atoms with E-state index in [1.165, 1.54) is 12.5 Å². The molecule has 160 valence electrons. The van der Waals surface area contributed by atoms with Crippen LogP contribution in [0, 0.1) is 11.6 Å². The first-order valence-corrected chi connectivity index (χ1v) is 11.3. The zero-order valence-corrected chi connectivity index (χ0v) is 17.6. The van der Waals surface area contributed by atoms with Crippen LogP contribution >= 0.6 is 11.8 Å². The Balaban J connectivity index is 1.18. The molecule has 0 unspecified atom stereocenters. The van der Waals surface area contributed by atoms with E-state index < -0.39 is 11.6 Å². The van der Waals surface area contributed by atoms with Crippen LogP contribution < -0.4 is 5.32 Å². The first-order chi connectivity index (χ1) is 14.6. The minimum Gasteiger partial charge on any atom is -0.431 e. The van der Waals surface area contributed by atoms with Crippen LogP contribution in [-0.2, 0) is 4.79 Å². The fourth-order valence-electron chi connectivity index (χ4n) is 3.15. The first kappa shape index (κ1) is 22.3. The molecule has 0 spiro atoms. The Kier molecular flexibility index (Phi) is 8.68. The molecule has 0 aliphatic heterocycles. The average Bonchev–Trinajstić information content (AvgIpc) is 3.14. The topological polar surface area (TPSA) is 55.1 Å². The Morgan fingerprint density at radius 1 is 0.967 bits per heavy atom. The van der Waals surface area contributed by atoms with E-state index in [0.717, 1.165) is 72.7 Å². The molecule has 0 bridgehead atoms.